The van der Waals surface area contributed by atoms with Gasteiger partial charge in [0, 0.05) is 19.0 Å². The molecular formula is C21H25NO2. The number of rotatable bonds is 2. The average Bonchev–Trinajstić information content (AvgIpc) is 3.04. The van der Waals surface area contributed by atoms with E-state index < -0.39 is 5.60 Å². The van der Waals surface area contributed by atoms with E-state index in [9.17, 15) is 4.79 Å². The largest absolute Gasteiger partial charge is 0.444 e. The number of ether oxygens (including phenoxy) is 1. The minimum atomic E-state index is -0.438. The SMILES string of the molecule is CC(C)(C)OC(=O)N1CCC(c2ccc(-c3ccccc3)cc2)C1. The second-order valence-corrected chi connectivity index (χ2v) is 7.40. The lowest BCUT2D eigenvalue weighted by Gasteiger charge is -2.24. The van der Waals surface area contributed by atoms with Crippen LogP contribution in [0.25, 0.3) is 11.1 Å². The third kappa shape index (κ3) is 3.97. The zero-order chi connectivity index (χ0) is 17.2. The van der Waals surface area contributed by atoms with E-state index in [1.807, 2.05) is 31.7 Å². The Labute approximate surface area is 144 Å². The normalized spacial score (nSPS) is 17.8. The van der Waals surface area contributed by atoms with Crippen LogP contribution in [0.1, 0.15) is 38.7 Å². The van der Waals surface area contributed by atoms with Crippen molar-refractivity contribution < 1.29 is 9.53 Å². The maximum absolute atomic E-state index is 12.2. The highest BCUT2D eigenvalue weighted by atomic mass is 16.6. The Balaban J connectivity index is 1.65. The lowest BCUT2D eigenvalue weighted by molar-refractivity contribution is 0.0292. The molecule has 1 aliphatic rings. The first-order chi connectivity index (χ1) is 11.4. The molecule has 0 aromatic heterocycles. The lowest BCUT2D eigenvalue weighted by Crippen LogP contribution is -2.35. The number of hydrogen-bond acceptors (Lipinski definition) is 2. The molecular weight excluding hydrogens is 298 g/mol. The highest BCUT2D eigenvalue weighted by molar-refractivity contribution is 5.69. The van der Waals surface area contributed by atoms with E-state index in [2.05, 4.69) is 48.5 Å². The third-order valence-corrected chi connectivity index (χ3v) is 4.33. The molecule has 1 fully saturated rings. The van der Waals surface area contributed by atoms with Gasteiger partial charge in [0.05, 0.1) is 0 Å². The van der Waals surface area contributed by atoms with Crippen molar-refractivity contribution in [3.63, 3.8) is 0 Å². The third-order valence-electron chi connectivity index (χ3n) is 4.33. The van der Waals surface area contributed by atoms with Crippen LogP contribution in [0.4, 0.5) is 4.79 Å². The number of carbonyl (C=O) groups is 1. The highest BCUT2D eigenvalue weighted by Crippen LogP contribution is 2.30. The van der Waals surface area contributed by atoms with Gasteiger partial charge in [-0.3, -0.25) is 0 Å². The molecule has 3 heteroatoms. The van der Waals surface area contributed by atoms with Crippen LogP contribution in [0.5, 0.6) is 0 Å². The number of likely N-dealkylation sites (tertiary alicyclic amines) is 1. The molecule has 24 heavy (non-hydrogen) atoms. The summed E-state index contributed by atoms with van der Waals surface area (Å²) < 4.78 is 5.47. The smallest absolute Gasteiger partial charge is 0.410 e. The summed E-state index contributed by atoms with van der Waals surface area (Å²) >= 11 is 0. The van der Waals surface area contributed by atoms with Gasteiger partial charge in [0.25, 0.3) is 0 Å². The summed E-state index contributed by atoms with van der Waals surface area (Å²) in [5, 5.41) is 0. The zero-order valence-corrected chi connectivity index (χ0v) is 14.7. The fraction of sp³-hybridized carbons (Fsp3) is 0.381. The number of benzene rings is 2. The van der Waals surface area contributed by atoms with Crippen molar-refractivity contribution >= 4 is 6.09 Å². The number of amides is 1. The molecule has 1 saturated heterocycles. The second-order valence-electron chi connectivity index (χ2n) is 7.40. The predicted molar refractivity (Wildman–Crippen MR) is 97.0 cm³/mol. The van der Waals surface area contributed by atoms with Crippen LogP contribution >= 0.6 is 0 Å². The number of hydrogen-bond donors (Lipinski definition) is 0. The van der Waals surface area contributed by atoms with Crippen LogP contribution < -0.4 is 0 Å². The van der Waals surface area contributed by atoms with Crippen molar-refractivity contribution in [1.29, 1.82) is 0 Å². The fourth-order valence-electron chi connectivity index (χ4n) is 3.10. The van der Waals surface area contributed by atoms with Gasteiger partial charge in [-0.2, -0.15) is 0 Å². The molecule has 1 amide bonds. The van der Waals surface area contributed by atoms with Crippen LogP contribution in [0.15, 0.2) is 54.6 Å². The maximum atomic E-state index is 12.2. The zero-order valence-electron chi connectivity index (χ0n) is 14.7. The summed E-state index contributed by atoms with van der Waals surface area (Å²) in [7, 11) is 0. The molecule has 0 spiro atoms. The van der Waals surface area contributed by atoms with Gasteiger partial charge in [0.1, 0.15) is 5.60 Å². The van der Waals surface area contributed by atoms with Crippen LogP contribution in [-0.4, -0.2) is 29.7 Å². The maximum Gasteiger partial charge on any atom is 0.410 e. The summed E-state index contributed by atoms with van der Waals surface area (Å²) in [4.78, 5) is 14.0. The molecule has 1 atom stereocenters. The Morgan fingerprint density at radius 3 is 2.25 bits per heavy atom. The Kier molecular flexibility index (Phi) is 4.61. The van der Waals surface area contributed by atoms with E-state index in [-0.39, 0.29) is 6.09 Å². The Hall–Kier alpha value is -2.29. The molecule has 1 unspecified atom stereocenters. The van der Waals surface area contributed by atoms with Crippen molar-refractivity contribution in [3.8, 4) is 11.1 Å². The van der Waals surface area contributed by atoms with Crippen LogP contribution in [0, 0.1) is 0 Å². The van der Waals surface area contributed by atoms with Gasteiger partial charge in [-0.25, -0.2) is 4.79 Å². The van der Waals surface area contributed by atoms with Crippen molar-refractivity contribution in [2.45, 2.75) is 38.7 Å². The van der Waals surface area contributed by atoms with E-state index in [1.165, 1.54) is 16.7 Å². The van der Waals surface area contributed by atoms with Gasteiger partial charge in [-0.15, -0.1) is 0 Å². The number of carbonyl (C=O) groups excluding carboxylic acids is 1. The topological polar surface area (TPSA) is 29.5 Å². The number of nitrogens with zero attached hydrogens (tertiary/aromatic N) is 1. The summed E-state index contributed by atoms with van der Waals surface area (Å²) in [5.41, 5.74) is 3.31. The van der Waals surface area contributed by atoms with Crippen molar-refractivity contribution in [2.24, 2.45) is 0 Å². The van der Waals surface area contributed by atoms with Gasteiger partial charge >= 0.3 is 6.09 Å². The Morgan fingerprint density at radius 2 is 1.62 bits per heavy atom. The summed E-state index contributed by atoms with van der Waals surface area (Å²) in [5.74, 6) is 0.391. The average molecular weight is 323 g/mol. The first-order valence-corrected chi connectivity index (χ1v) is 8.56. The van der Waals surface area contributed by atoms with Crippen LogP contribution in [-0.2, 0) is 4.74 Å². The minimum Gasteiger partial charge on any atom is -0.444 e. The van der Waals surface area contributed by atoms with E-state index in [0.717, 1.165) is 19.5 Å². The summed E-state index contributed by atoms with van der Waals surface area (Å²) in [6.07, 6.45) is 0.787. The van der Waals surface area contributed by atoms with Gasteiger partial charge < -0.3 is 9.64 Å². The monoisotopic (exact) mass is 323 g/mol. The van der Waals surface area contributed by atoms with Crippen molar-refractivity contribution in [1.82, 2.24) is 4.90 Å². The fourth-order valence-corrected chi connectivity index (χ4v) is 3.10. The molecule has 0 saturated carbocycles. The first-order valence-electron chi connectivity index (χ1n) is 8.56. The highest BCUT2D eigenvalue weighted by Gasteiger charge is 2.30. The van der Waals surface area contributed by atoms with Crippen LogP contribution in [0.3, 0.4) is 0 Å². The molecule has 0 bridgehead atoms. The molecule has 3 rings (SSSR count). The molecule has 0 N–H and O–H groups in total. The van der Waals surface area contributed by atoms with E-state index in [4.69, 9.17) is 4.74 Å². The molecule has 1 aliphatic heterocycles. The standard InChI is InChI=1S/C21H25NO2/c1-21(2,3)24-20(23)22-14-13-19(15-22)18-11-9-17(10-12-18)16-7-5-4-6-8-16/h4-12,19H,13-15H2,1-3H3. The Morgan fingerprint density at radius 1 is 1.00 bits per heavy atom. The molecule has 0 aliphatic carbocycles. The lowest BCUT2D eigenvalue weighted by atomic mass is 9.96. The van der Waals surface area contributed by atoms with Crippen molar-refractivity contribution in [3.05, 3.63) is 60.2 Å². The van der Waals surface area contributed by atoms with Crippen LogP contribution in [0.2, 0.25) is 0 Å². The van der Waals surface area contributed by atoms with Crippen molar-refractivity contribution in [2.75, 3.05) is 13.1 Å². The molecule has 126 valence electrons. The molecule has 0 radical (unpaired) electrons. The molecule has 2 aromatic carbocycles. The molecule has 1 heterocycles. The van der Waals surface area contributed by atoms with Gasteiger partial charge in [-0.05, 0) is 43.9 Å². The molecule has 2 aromatic rings. The van der Waals surface area contributed by atoms with E-state index in [1.54, 1.807) is 0 Å². The quantitative estimate of drug-likeness (QED) is 0.771. The summed E-state index contributed by atoms with van der Waals surface area (Å²) in [6, 6.07) is 19.1. The van der Waals surface area contributed by atoms with E-state index in [0.29, 0.717) is 5.92 Å². The minimum absolute atomic E-state index is 0.203. The Bertz CT molecular complexity index is 686. The predicted octanol–water partition coefficient (Wildman–Crippen LogP) is 5.08. The summed E-state index contributed by atoms with van der Waals surface area (Å²) in [6.45, 7) is 7.21. The first kappa shape index (κ1) is 16.6. The second kappa shape index (κ2) is 6.68. The molecule has 3 nitrogen and oxygen atoms in total. The van der Waals surface area contributed by atoms with Gasteiger partial charge in [0.15, 0.2) is 0 Å². The van der Waals surface area contributed by atoms with Gasteiger partial charge in [-0.1, -0.05) is 54.6 Å². The van der Waals surface area contributed by atoms with E-state index >= 15 is 0 Å². The van der Waals surface area contributed by atoms with Gasteiger partial charge in [0.2, 0.25) is 0 Å².